The minimum Gasteiger partial charge on any atom is -0.357 e. The van der Waals surface area contributed by atoms with Crippen LogP contribution >= 0.6 is 0 Å². The van der Waals surface area contributed by atoms with Crippen LogP contribution in [-0.4, -0.2) is 69.3 Å². The second kappa shape index (κ2) is 7.09. The van der Waals surface area contributed by atoms with Gasteiger partial charge in [0.1, 0.15) is 18.7 Å². The summed E-state index contributed by atoms with van der Waals surface area (Å²) < 4.78 is 1.78. The summed E-state index contributed by atoms with van der Waals surface area (Å²) in [7, 11) is 1.91. The number of likely N-dealkylation sites (tertiary alicyclic amines) is 2. The molecule has 1 atom stereocenters. The Balaban J connectivity index is 1.62. The fourth-order valence-electron chi connectivity index (χ4n) is 3.37. The quantitative estimate of drug-likeness (QED) is 0.646. The highest BCUT2D eigenvalue weighted by molar-refractivity contribution is 5.80. The van der Waals surface area contributed by atoms with E-state index in [1.54, 1.807) is 11.0 Å². The summed E-state index contributed by atoms with van der Waals surface area (Å²) in [5.74, 6) is 1.90. The van der Waals surface area contributed by atoms with Crippen molar-refractivity contribution in [3.8, 4) is 0 Å². The molecule has 2 saturated heterocycles. The summed E-state index contributed by atoms with van der Waals surface area (Å²) in [5.41, 5.74) is 0. The van der Waals surface area contributed by atoms with Crippen LogP contribution in [0.15, 0.2) is 11.3 Å². The van der Waals surface area contributed by atoms with Crippen molar-refractivity contribution in [2.24, 2.45) is 12.0 Å². The summed E-state index contributed by atoms with van der Waals surface area (Å²) >= 11 is 0. The molecule has 1 aromatic heterocycles. The average Bonchev–Trinajstić information content (AvgIpc) is 3.24. The smallest absolute Gasteiger partial charge is 0.194 e. The standard InChI is InChI=1S/C15H27N7/c1-3-16-15(17-10-14-18-12-19-20(14)2)22-9-6-13(11-22)21-7-4-5-8-21/h12-13H,3-11H2,1-2H3,(H,16,17). The lowest BCUT2D eigenvalue weighted by Crippen LogP contribution is -2.42. The average molecular weight is 305 g/mol. The van der Waals surface area contributed by atoms with Gasteiger partial charge in [0.05, 0.1) is 0 Å². The van der Waals surface area contributed by atoms with E-state index in [0.29, 0.717) is 12.6 Å². The summed E-state index contributed by atoms with van der Waals surface area (Å²) in [6.07, 6.45) is 5.54. The van der Waals surface area contributed by atoms with Crippen LogP contribution in [0.4, 0.5) is 0 Å². The lowest BCUT2D eigenvalue weighted by atomic mass is 10.2. The van der Waals surface area contributed by atoms with Crippen LogP contribution in [0, 0.1) is 0 Å². The number of guanidine groups is 1. The molecule has 1 N–H and O–H groups in total. The predicted molar refractivity (Wildman–Crippen MR) is 86.6 cm³/mol. The van der Waals surface area contributed by atoms with Crippen molar-refractivity contribution in [2.45, 2.75) is 38.8 Å². The Morgan fingerprint density at radius 2 is 2.18 bits per heavy atom. The third-order valence-electron chi connectivity index (χ3n) is 4.63. The van der Waals surface area contributed by atoms with Crippen molar-refractivity contribution >= 4 is 5.96 Å². The molecule has 0 spiro atoms. The first-order valence-electron chi connectivity index (χ1n) is 8.38. The zero-order valence-electron chi connectivity index (χ0n) is 13.7. The Kier molecular flexibility index (Phi) is 4.92. The highest BCUT2D eigenvalue weighted by Gasteiger charge is 2.30. The van der Waals surface area contributed by atoms with Gasteiger partial charge in [0.15, 0.2) is 5.96 Å². The summed E-state index contributed by atoms with van der Waals surface area (Å²) in [5, 5.41) is 7.52. The van der Waals surface area contributed by atoms with E-state index in [0.717, 1.165) is 31.4 Å². The van der Waals surface area contributed by atoms with Crippen molar-refractivity contribution in [1.82, 2.24) is 29.9 Å². The summed E-state index contributed by atoms with van der Waals surface area (Å²) in [6, 6.07) is 0.696. The molecule has 1 unspecified atom stereocenters. The van der Waals surface area contributed by atoms with Crippen LogP contribution in [0.5, 0.6) is 0 Å². The first kappa shape index (κ1) is 15.3. The maximum absolute atomic E-state index is 4.75. The molecule has 0 radical (unpaired) electrons. The molecule has 1 aromatic rings. The zero-order valence-corrected chi connectivity index (χ0v) is 13.7. The van der Waals surface area contributed by atoms with Gasteiger partial charge in [-0.05, 0) is 39.3 Å². The molecule has 0 amide bonds. The maximum Gasteiger partial charge on any atom is 0.194 e. The third-order valence-corrected chi connectivity index (χ3v) is 4.63. The summed E-state index contributed by atoms with van der Waals surface area (Å²) in [4.78, 5) is 14.0. The van der Waals surface area contributed by atoms with Crippen molar-refractivity contribution in [2.75, 3.05) is 32.7 Å². The summed E-state index contributed by atoms with van der Waals surface area (Å²) in [6.45, 7) is 8.30. The van der Waals surface area contributed by atoms with Crippen molar-refractivity contribution in [1.29, 1.82) is 0 Å². The monoisotopic (exact) mass is 305 g/mol. The van der Waals surface area contributed by atoms with Gasteiger partial charge in [-0.15, -0.1) is 0 Å². The van der Waals surface area contributed by atoms with Gasteiger partial charge in [-0.1, -0.05) is 0 Å². The van der Waals surface area contributed by atoms with E-state index >= 15 is 0 Å². The van der Waals surface area contributed by atoms with Gasteiger partial charge in [-0.3, -0.25) is 9.58 Å². The van der Waals surface area contributed by atoms with Crippen molar-refractivity contribution in [3.63, 3.8) is 0 Å². The Bertz CT molecular complexity index is 504. The Morgan fingerprint density at radius 1 is 1.36 bits per heavy atom. The van der Waals surface area contributed by atoms with Gasteiger partial charge in [0.25, 0.3) is 0 Å². The highest BCUT2D eigenvalue weighted by atomic mass is 15.4. The molecular weight excluding hydrogens is 278 g/mol. The van der Waals surface area contributed by atoms with E-state index in [-0.39, 0.29) is 0 Å². The van der Waals surface area contributed by atoms with Crippen molar-refractivity contribution < 1.29 is 0 Å². The number of nitrogens with zero attached hydrogens (tertiary/aromatic N) is 6. The Hall–Kier alpha value is -1.63. The van der Waals surface area contributed by atoms with Gasteiger partial charge in [0.2, 0.25) is 0 Å². The molecule has 2 aliphatic heterocycles. The molecule has 7 nitrogen and oxygen atoms in total. The molecular formula is C15H27N7. The molecule has 7 heteroatoms. The normalized spacial score (nSPS) is 23.5. The van der Waals surface area contributed by atoms with Crippen LogP contribution in [0.1, 0.15) is 32.0 Å². The molecule has 0 saturated carbocycles. The molecule has 122 valence electrons. The van der Waals surface area contributed by atoms with E-state index in [1.807, 2.05) is 7.05 Å². The lowest BCUT2D eigenvalue weighted by molar-refractivity contribution is 0.249. The second-order valence-electron chi connectivity index (χ2n) is 6.10. The molecule has 2 fully saturated rings. The predicted octanol–water partition coefficient (Wildman–Crippen LogP) is 0.451. The van der Waals surface area contributed by atoms with Crippen LogP contribution in [0.3, 0.4) is 0 Å². The topological polar surface area (TPSA) is 61.6 Å². The van der Waals surface area contributed by atoms with E-state index in [9.17, 15) is 0 Å². The fourth-order valence-corrected chi connectivity index (χ4v) is 3.37. The largest absolute Gasteiger partial charge is 0.357 e. The van der Waals surface area contributed by atoms with E-state index < -0.39 is 0 Å². The molecule has 0 bridgehead atoms. The zero-order chi connectivity index (χ0) is 15.4. The van der Waals surface area contributed by atoms with Gasteiger partial charge in [-0.25, -0.2) is 9.98 Å². The van der Waals surface area contributed by atoms with Crippen LogP contribution in [0.2, 0.25) is 0 Å². The van der Waals surface area contributed by atoms with Gasteiger partial charge >= 0.3 is 0 Å². The molecule has 2 aliphatic rings. The van der Waals surface area contributed by atoms with Crippen LogP contribution in [0.25, 0.3) is 0 Å². The number of aromatic nitrogens is 3. The molecule has 0 aliphatic carbocycles. The number of aryl methyl sites for hydroxylation is 1. The van der Waals surface area contributed by atoms with Crippen LogP contribution in [-0.2, 0) is 13.6 Å². The van der Waals surface area contributed by atoms with Gasteiger partial charge in [-0.2, -0.15) is 5.10 Å². The van der Waals surface area contributed by atoms with E-state index in [1.165, 1.54) is 32.4 Å². The minimum absolute atomic E-state index is 0.573. The van der Waals surface area contributed by atoms with Crippen molar-refractivity contribution in [3.05, 3.63) is 12.2 Å². The molecule has 3 rings (SSSR count). The SMILES string of the molecule is CCNC(=NCc1ncnn1C)N1CCC(N2CCCC2)C1. The lowest BCUT2D eigenvalue weighted by Gasteiger charge is -2.25. The number of nitrogens with one attached hydrogen (secondary N) is 1. The second-order valence-corrected chi connectivity index (χ2v) is 6.10. The highest BCUT2D eigenvalue weighted by Crippen LogP contribution is 2.20. The molecule has 3 heterocycles. The Morgan fingerprint density at radius 3 is 2.86 bits per heavy atom. The molecule has 22 heavy (non-hydrogen) atoms. The van der Waals surface area contributed by atoms with E-state index in [4.69, 9.17) is 4.99 Å². The first-order valence-corrected chi connectivity index (χ1v) is 8.38. The minimum atomic E-state index is 0.573. The Labute approximate surface area is 132 Å². The number of hydrogen-bond acceptors (Lipinski definition) is 4. The van der Waals surface area contributed by atoms with E-state index in [2.05, 4.69) is 32.1 Å². The first-order chi connectivity index (χ1) is 10.8. The number of rotatable bonds is 4. The van der Waals surface area contributed by atoms with Crippen LogP contribution < -0.4 is 5.32 Å². The maximum atomic E-state index is 4.75. The number of aliphatic imine (C=N–C) groups is 1. The van der Waals surface area contributed by atoms with Gasteiger partial charge in [0, 0.05) is 32.7 Å². The molecule has 0 aromatic carbocycles. The fraction of sp³-hybridized carbons (Fsp3) is 0.800. The van der Waals surface area contributed by atoms with Gasteiger partial charge < -0.3 is 10.2 Å². The number of hydrogen-bond donors (Lipinski definition) is 1. The third kappa shape index (κ3) is 3.40.